The zero-order valence-electron chi connectivity index (χ0n) is 12.0. The van der Waals surface area contributed by atoms with E-state index in [9.17, 15) is 0 Å². The van der Waals surface area contributed by atoms with E-state index in [1.807, 2.05) is 30.3 Å². The zero-order valence-corrected chi connectivity index (χ0v) is 15.2. The summed E-state index contributed by atoms with van der Waals surface area (Å²) in [4.78, 5) is 0. The Morgan fingerprint density at radius 3 is 2.62 bits per heavy atom. The van der Waals surface area contributed by atoms with Crippen LogP contribution in [0.25, 0.3) is 0 Å². The Hall–Kier alpha value is -0.840. The number of hydrogen-bond acceptors (Lipinski definition) is 2. The van der Waals surface area contributed by atoms with Crippen molar-refractivity contribution < 1.29 is 4.74 Å². The Labute approximate surface area is 143 Å². The molecule has 1 unspecified atom stereocenters. The molecule has 21 heavy (non-hydrogen) atoms. The quantitative estimate of drug-likeness (QED) is 0.703. The van der Waals surface area contributed by atoms with Crippen molar-refractivity contribution in [1.82, 2.24) is 0 Å². The minimum absolute atomic E-state index is 0.0316. The number of halogens is 2. The number of ether oxygens (including phenoxy) is 1. The highest BCUT2D eigenvalue weighted by Gasteiger charge is 2.10. The molecule has 2 nitrogen and oxygen atoms in total. The summed E-state index contributed by atoms with van der Waals surface area (Å²) in [6, 6.07) is 14.3. The summed E-state index contributed by atoms with van der Waals surface area (Å²) in [7, 11) is 0. The third-order valence-corrected chi connectivity index (χ3v) is 4.30. The van der Waals surface area contributed by atoms with E-state index in [4.69, 9.17) is 10.5 Å². The lowest BCUT2D eigenvalue weighted by molar-refractivity contribution is 0.315. The molecular formula is C17H19Br2NO. The molecule has 4 heteroatoms. The van der Waals surface area contributed by atoms with Crippen LogP contribution in [0, 0.1) is 0 Å². The monoisotopic (exact) mass is 411 g/mol. The molecule has 0 amide bonds. The van der Waals surface area contributed by atoms with Gasteiger partial charge in [-0.15, -0.1) is 0 Å². The number of nitrogens with two attached hydrogens (primary N) is 1. The standard InChI is InChI=1S/C17H19Br2NO/c1-2-8-21-17-7-6-13(11-15(17)19)16(20)10-12-4-3-5-14(18)9-12/h3-7,9,11,16H,2,8,10,20H2,1H3. The van der Waals surface area contributed by atoms with Gasteiger partial charge in [0, 0.05) is 10.5 Å². The molecular weight excluding hydrogens is 394 g/mol. The van der Waals surface area contributed by atoms with Gasteiger partial charge in [-0.25, -0.2) is 0 Å². The van der Waals surface area contributed by atoms with Crippen molar-refractivity contribution in [2.24, 2.45) is 5.73 Å². The van der Waals surface area contributed by atoms with Gasteiger partial charge in [0.2, 0.25) is 0 Å². The third kappa shape index (κ3) is 4.83. The normalized spacial score (nSPS) is 12.2. The average molecular weight is 413 g/mol. The van der Waals surface area contributed by atoms with E-state index in [0.717, 1.165) is 39.7 Å². The maximum Gasteiger partial charge on any atom is 0.133 e. The molecule has 0 aliphatic rings. The summed E-state index contributed by atoms with van der Waals surface area (Å²) >= 11 is 7.04. The second-order valence-corrected chi connectivity index (χ2v) is 6.75. The van der Waals surface area contributed by atoms with Gasteiger partial charge < -0.3 is 10.5 Å². The summed E-state index contributed by atoms with van der Waals surface area (Å²) in [6.07, 6.45) is 1.80. The summed E-state index contributed by atoms with van der Waals surface area (Å²) in [6.45, 7) is 2.82. The minimum atomic E-state index is -0.0316. The Morgan fingerprint density at radius 1 is 1.14 bits per heavy atom. The van der Waals surface area contributed by atoms with Gasteiger partial charge in [0.1, 0.15) is 5.75 Å². The summed E-state index contributed by atoms with van der Waals surface area (Å²) < 4.78 is 7.70. The Bertz CT molecular complexity index is 601. The van der Waals surface area contributed by atoms with Crippen LogP contribution in [0.5, 0.6) is 5.75 Å². The van der Waals surface area contributed by atoms with E-state index < -0.39 is 0 Å². The van der Waals surface area contributed by atoms with Crippen LogP contribution < -0.4 is 10.5 Å². The Balaban J connectivity index is 2.08. The molecule has 0 spiro atoms. The summed E-state index contributed by atoms with van der Waals surface area (Å²) in [5.74, 6) is 0.871. The van der Waals surface area contributed by atoms with E-state index in [1.165, 1.54) is 5.56 Å². The predicted octanol–water partition coefficient (Wildman–Crippen LogP) is 5.24. The van der Waals surface area contributed by atoms with Crippen LogP contribution in [0.3, 0.4) is 0 Å². The fourth-order valence-corrected chi connectivity index (χ4v) is 3.07. The largest absolute Gasteiger partial charge is 0.492 e. The highest BCUT2D eigenvalue weighted by molar-refractivity contribution is 9.10. The Kier molecular flexibility index (Phi) is 6.27. The highest BCUT2D eigenvalue weighted by atomic mass is 79.9. The fraction of sp³-hybridized carbons (Fsp3) is 0.294. The second kappa shape index (κ2) is 7.97. The average Bonchev–Trinajstić information content (AvgIpc) is 2.46. The molecule has 2 rings (SSSR count). The smallest absolute Gasteiger partial charge is 0.133 e. The van der Waals surface area contributed by atoms with Crippen molar-refractivity contribution >= 4 is 31.9 Å². The molecule has 0 radical (unpaired) electrons. The first-order chi connectivity index (χ1) is 10.1. The van der Waals surface area contributed by atoms with Gasteiger partial charge in [-0.05, 0) is 64.2 Å². The van der Waals surface area contributed by atoms with Gasteiger partial charge >= 0.3 is 0 Å². The minimum Gasteiger partial charge on any atom is -0.492 e. The molecule has 112 valence electrons. The third-order valence-electron chi connectivity index (χ3n) is 3.19. The first kappa shape index (κ1) is 16.5. The lowest BCUT2D eigenvalue weighted by atomic mass is 10.00. The molecule has 0 aliphatic heterocycles. The van der Waals surface area contributed by atoms with Crippen LogP contribution in [0.15, 0.2) is 51.4 Å². The van der Waals surface area contributed by atoms with Crippen molar-refractivity contribution in [2.75, 3.05) is 6.61 Å². The van der Waals surface area contributed by atoms with Crippen LogP contribution in [-0.2, 0) is 6.42 Å². The number of hydrogen-bond donors (Lipinski definition) is 1. The number of benzene rings is 2. The van der Waals surface area contributed by atoms with Crippen LogP contribution in [-0.4, -0.2) is 6.61 Å². The molecule has 0 fully saturated rings. The molecule has 1 atom stereocenters. The second-order valence-electron chi connectivity index (χ2n) is 4.98. The van der Waals surface area contributed by atoms with Gasteiger partial charge in [-0.3, -0.25) is 0 Å². The van der Waals surface area contributed by atoms with Crippen molar-refractivity contribution in [2.45, 2.75) is 25.8 Å². The molecule has 0 saturated carbocycles. The molecule has 0 heterocycles. The maximum absolute atomic E-state index is 6.32. The van der Waals surface area contributed by atoms with E-state index in [0.29, 0.717) is 0 Å². The van der Waals surface area contributed by atoms with Crippen molar-refractivity contribution in [3.8, 4) is 5.75 Å². The molecule has 0 saturated heterocycles. The van der Waals surface area contributed by atoms with Crippen LogP contribution in [0.1, 0.15) is 30.5 Å². The molecule has 0 aromatic heterocycles. The highest BCUT2D eigenvalue weighted by Crippen LogP contribution is 2.29. The lowest BCUT2D eigenvalue weighted by Crippen LogP contribution is -2.13. The van der Waals surface area contributed by atoms with Crippen molar-refractivity contribution in [1.29, 1.82) is 0 Å². The van der Waals surface area contributed by atoms with Crippen molar-refractivity contribution in [3.63, 3.8) is 0 Å². The number of rotatable bonds is 6. The lowest BCUT2D eigenvalue weighted by Gasteiger charge is -2.15. The van der Waals surface area contributed by atoms with E-state index in [1.54, 1.807) is 0 Å². The van der Waals surface area contributed by atoms with Crippen LogP contribution in [0.2, 0.25) is 0 Å². The molecule has 2 aromatic rings. The molecule has 2 aromatic carbocycles. The van der Waals surface area contributed by atoms with Gasteiger partial charge in [-0.1, -0.05) is 41.1 Å². The summed E-state index contributed by atoms with van der Waals surface area (Å²) in [5, 5.41) is 0. The van der Waals surface area contributed by atoms with E-state index in [2.05, 4.69) is 50.9 Å². The molecule has 0 aliphatic carbocycles. The van der Waals surface area contributed by atoms with Crippen LogP contribution in [0.4, 0.5) is 0 Å². The predicted molar refractivity (Wildman–Crippen MR) is 94.7 cm³/mol. The molecule has 0 bridgehead atoms. The van der Waals surface area contributed by atoms with Gasteiger partial charge in [0.15, 0.2) is 0 Å². The SMILES string of the molecule is CCCOc1ccc(C(N)Cc2cccc(Br)c2)cc1Br. The maximum atomic E-state index is 6.32. The first-order valence-corrected chi connectivity index (χ1v) is 8.61. The topological polar surface area (TPSA) is 35.2 Å². The Morgan fingerprint density at radius 2 is 1.95 bits per heavy atom. The van der Waals surface area contributed by atoms with Crippen molar-refractivity contribution in [3.05, 3.63) is 62.5 Å². The first-order valence-electron chi connectivity index (χ1n) is 7.02. The van der Waals surface area contributed by atoms with Gasteiger partial charge in [0.05, 0.1) is 11.1 Å². The van der Waals surface area contributed by atoms with E-state index >= 15 is 0 Å². The van der Waals surface area contributed by atoms with Gasteiger partial charge in [-0.2, -0.15) is 0 Å². The van der Waals surface area contributed by atoms with Gasteiger partial charge in [0.25, 0.3) is 0 Å². The summed E-state index contributed by atoms with van der Waals surface area (Å²) in [5.41, 5.74) is 8.64. The zero-order chi connectivity index (χ0) is 15.2. The van der Waals surface area contributed by atoms with Crippen LogP contribution >= 0.6 is 31.9 Å². The molecule has 2 N–H and O–H groups in total. The fourth-order valence-electron chi connectivity index (χ4n) is 2.11. The van der Waals surface area contributed by atoms with E-state index in [-0.39, 0.29) is 6.04 Å².